The molecule has 0 spiro atoms. The van der Waals surface area contributed by atoms with Crippen LogP contribution in [0.1, 0.15) is 24.8 Å². The summed E-state index contributed by atoms with van der Waals surface area (Å²) in [5.41, 5.74) is 8.11. The molecule has 2 nitrogen and oxygen atoms in total. The molecule has 0 saturated heterocycles. The van der Waals surface area contributed by atoms with Crippen LogP contribution in [0.2, 0.25) is 0 Å². The summed E-state index contributed by atoms with van der Waals surface area (Å²) in [7, 11) is 2.04. The molecule has 1 aliphatic carbocycles. The normalized spacial score (nSPS) is 19.5. The standard InChI is InChI=1S/C11H16N2/c1-13-11(7-2-8-11)9-3-5-10(12)6-4-9/h3-6,13H,2,7-8,12H2,1H3. The number of anilines is 1. The molecule has 0 atom stereocenters. The Morgan fingerprint density at radius 3 is 2.23 bits per heavy atom. The minimum atomic E-state index is 0.244. The lowest BCUT2D eigenvalue weighted by atomic mass is 9.72. The minimum absolute atomic E-state index is 0.244. The van der Waals surface area contributed by atoms with Crippen LogP contribution < -0.4 is 11.1 Å². The van der Waals surface area contributed by atoms with E-state index in [9.17, 15) is 0 Å². The second-order valence-electron chi connectivity index (χ2n) is 3.81. The highest BCUT2D eigenvalue weighted by Crippen LogP contribution is 2.40. The minimum Gasteiger partial charge on any atom is -0.399 e. The van der Waals surface area contributed by atoms with E-state index in [1.165, 1.54) is 24.8 Å². The predicted octanol–water partition coefficient (Wildman–Crippen LogP) is 1.87. The molecule has 0 unspecified atom stereocenters. The Bertz CT molecular complexity index is 280. The van der Waals surface area contributed by atoms with Crippen LogP contribution in [0.4, 0.5) is 5.69 Å². The van der Waals surface area contributed by atoms with E-state index in [0.29, 0.717) is 0 Å². The zero-order valence-corrected chi connectivity index (χ0v) is 8.01. The SMILES string of the molecule is CNC1(c2ccc(N)cc2)CCC1. The maximum Gasteiger partial charge on any atom is 0.0432 e. The van der Waals surface area contributed by atoms with Gasteiger partial charge in [-0.2, -0.15) is 0 Å². The number of hydrogen-bond acceptors (Lipinski definition) is 2. The van der Waals surface area contributed by atoms with Gasteiger partial charge in [0.2, 0.25) is 0 Å². The van der Waals surface area contributed by atoms with Crippen LogP contribution in [0.25, 0.3) is 0 Å². The van der Waals surface area contributed by atoms with Crippen molar-refractivity contribution in [2.24, 2.45) is 0 Å². The van der Waals surface area contributed by atoms with Crippen LogP contribution in [0.3, 0.4) is 0 Å². The van der Waals surface area contributed by atoms with E-state index < -0.39 is 0 Å². The third kappa shape index (κ3) is 1.31. The summed E-state index contributed by atoms with van der Waals surface area (Å²) < 4.78 is 0. The summed E-state index contributed by atoms with van der Waals surface area (Å²) in [5.74, 6) is 0. The molecule has 0 bridgehead atoms. The van der Waals surface area contributed by atoms with Crippen LogP contribution in [0.5, 0.6) is 0 Å². The molecule has 3 N–H and O–H groups in total. The van der Waals surface area contributed by atoms with Crippen molar-refractivity contribution in [3.05, 3.63) is 29.8 Å². The van der Waals surface area contributed by atoms with Crippen molar-refractivity contribution in [2.45, 2.75) is 24.8 Å². The largest absolute Gasteiger partial charge is 0.399 e. The zero-order chi connectivity index (χ0) is 9.31. The quantitative estimate of drug-likeness (QED) is 0.675. The van der Waals surface area contributed by atoms with Crippen molar-refractivity contribution in [3.8, 4) is 0 Å². The van der Waals surface area contributed by atoms with Gasteiger partial charge in [0.15, 0.2) is 0 Å². The lowest BCUT2D eigenvalue weighted by Crippen LogP contribution is -2.45. The first-order valence-electron chi connectivity index (χ1n) is 4.82. The first-order chi connectivity index (χ1) is 6.27. The summed E-state index contributed by atoms with van der Waals surface area (Å²) in [6.45, 7) is 0. The molecule has 2 rings (SSSR count). The van der Waals surface area contributed by atoms with Crippen LogP contribution in [0, 0.1) is 0 Å². The molecule has 0 amide bonds. The molecule has 0 aliphatic heterocycles. The average Bonchev–Trinajstić information content (AvgIpc) is 2.07. The molecule has 1 aromatic carbocycles. The third-order valence-electron chi connectivity index (χ3n) is 3.15. The Morgan fingerprint density at radius 1 is 1.23 bits per heavy atom. The van der Waals surface area contributed by atoms with Crippen molar-refractivity contribution < 1.29 is 0 Å². The van der Waals surface area contributed by atoms with Crippen molar-refractivity contribution in [1.29, 1.82) is 0 Å². The van der Waals surface area contributed by atoms with E-state index >= 15 is 0 Å². The van der Waals surface area contributed by atoms with E-state index in [-0.39, 0.29) is 5.54 Å². The second-order valence-corrected chi connectivity index (χ2v) is 3.81. The van der Waals surface area contributed by atoms with Gasteiger partial charge in [0.25, 0.3) is 0 Å². The van der Waals surface area contributed by atoms with Crippen LogP contribution in [-0.2, 0) is 5.54 Å². The Hall–Kier alpha value is -1.02. The molecule has 1 saturated carbocycles. The Morgan fingerprint density at radius 2 is 1.85 bits per heavy atom. The van der Waals surface area contributed by atoms with Gasteiger partial charge in [0.05, 0.1) is 0 Å². The highest BCUT2D eigenvalue weighted by atomic mass is 15.0. The number of nitrogens with two attached hydrogens (primary N) is 1. The molecule has 70 valence electrons. The van der Waals surface area contributed by atoms with Crippen molar-refractivity contribution in [3.63, 3.8) is 0 Å². The Kier molecular flexibility index (Phi) is 2.00. The molecule has 1 fully saturated rings. The first kappa shape index (κ1) is 8.57. The van der Waals surface area contributed by atoms with Gasteiger partial charge in [0, 0.05) is 11.2 Å². The number of nitrogen functional groups attached to an aromatic ring is 1. The smallest absolute Gasteiger partial charge is 0.0432 e. The van der Waals surface area contributed by atoms with Crippen LogP contribution in [0.15, 0.2) is 24.3 Å². The second kappa shape index (κ2) is 3.04. The highest BCUT2D eigenvalue weighted by molar-refractivity contribution is 5.41. The molecular formula is C11H16N2. The van der Waals surface area contributed by atoms with Crippen molar-refractivity contribution in [1.82, 2.24) is 5.32 Å². The fourth-order valence-corrected chi connectivity index (χ4v) is 2.02. The van der Waals surface area contributed by atoms with Gasteiger partial charge in [0.1, 0.15) is 0 Å². The summed E-state index contributed by atoms with van der Waals surface area (Å²) >= 11 is 0. The summed E-state index contributed by atoms with van der Waals surface area (Å²) in [6.07, 6.45) is 3.81. The average molecular weight is 176 g/mol. The van der Waals surface area contributed by atoms with E-state index in [1.54, 1.807) is 0 Å². The van der Waals surface area contributed by atoms with E-state index in [4.69, 9.17) is 5.73 Å². The summed E-state index contributed by atoms with van der Waals surface area (Å²) in [5, 5.41) is 3.41. The van der Waals surface area contributed by atoms with Crippen LogP contribution in [-0.4, -0.2) is 7.05 Å². The lowest BCUT2D eigenvalue weighted by Gasteiger charge is -2.42. The van der Waals surface area contributed by atoms with Crippen LogP contribution >= 0.6 is 0 Å². The molecule has 2 heteroatoms. The van der Waals surface area contributed by atoms with E-state index in [1.807, 2.05) is 19.2 Å². The number of nitrogens with one attached hydrogen (secondary N) is 1. The molecule has 13 heavy (non-hydrogen) atoms. The molecule has 1 aliphatic rings. The van der Waals surface area contributed by atoms with Gasteiger partial charge >= 0.3 is 0 Å². The van der Waals surface area contributed by atoms with Gasteiger partial charge in [-0.3, -0.25) is 0 Å². The topological polar surface area (TPSA) is 38.0 Å². The molecule has 0 radical (unpaired) electrons. The fourth-order valence-electron chi connectivity index (χ4n) is 2.02. The first-order valence-corrected chi connectivity index (χ1v) is 4.82. The number of benzene rings is 1. The molecule has 0 aromatic heterocycles. The lowest BCUT2D eigenvalue weighted by molar-refractivity contribution is 0.201. The summed E-state index contributed by atoms with van der Waals surface area (Å²) in [4.78, 5) is 0. The molecular weight excluding hydrogens is 160 g/mol. The zero-order valence-electron chi connectivity index (χ0n) is 8.01. The maximum atomic E-state index is 5.65. The van der Waals surface area contributed by atoms with Crippen molar-refractivity contribution in [2.75, 3.05) is 12.8 Å². The maximum absolute atomic E-state index is 5.65. The Labute approximate surface area is 79.1 Å². The Balaban J connectivity index is 2.28. The number of rotatable bonds is 2. The van der Waals surface area contributed by atoms with Gasteiger partial charge in [-0.25, -0.2) is 0 Å². The van der Waals surface area contributed by atoms with Gasteiger partial charge in [-0.15, -0.1) is 0 Å². The fraction of sp³-hybridized carbons (Fsp3) is 0.455. The van der Waals surface area contributed by atoms with E-state index in [2.05, 4.69) is 17.4 Å². The van der Waals surface area contributed by atoms with Gasteiger partial charge in [-0.1, -0.05) is 12.1 Å². The van der Waals surface area contributed by atoms with E-state index in [0.717, 1.165) is 5.69 Å². The highest BCUT2D eigenvalue weighted by Gasteiger charge is 2.36. The van der Waals surface area contributed by atoms with Gasteiger partial charge in [-0.05, 0) is 44.0 Å². The molecule has 1 aromatic rings. The van der Waals surface area contributed by atoms with Gasteiger partial charge < -0.3 is 11.1 Å². The molecule has 0 heterocycles. The number of hydrogen-bond donors (Lipinski definition) is 2. The predicted molar refractivity (Wildman–Crippen MR) is 55.4 cm³/mol. The summed E-state index contributed by atoms with van der Waals surface area (Å²) in [6, 6.07) is 8.22. The monoisotopic (exact) mass is 176 g/mol. The van der Waals surface area contributed by atoms with Crippen molar-refractivity contribution >= 4 is 5.69 Å². The third-order valence-corrected chi connectivity index (χ3v) is 3.15.